The largest absolute Gasteiger partial charge is 0.353 e. The topological polar surface area (TPSA) is 91.7 Å². The number of halogens is 1. The summed E-state index contributed by atoms with van der Waals surface area (Å²) in [6, 6.07) is 15.6. The van der Waals surface area contributed by atoms with Crippen LogP contribution in [0, 0.1) is 0 Å². The number of nitrogens with zero attached hydrogens (tertiary/aromatic N) is 3. The van der Waals surface area contributed by atoms with Crippen LogP contribution in [0.25, 0.3) is 10.9 Å². The molecule has 0 bridgehead atoms. The second kappa shape index (κ2) is 11.8. The molecule has 1 N–H and O–H groups in total. The first-order valence-electron chi connectivity index (χ1n) is 12.5. The maximum absolute atomic E-state index is 13.6. The number of amides is 1. The summed E-state index contributed by atoms with van der Waals surface area (Å²) in [6.45, 7) is 7.66. The highest BCUT2D eigenvalue weighted by atomic mass is 35.5. The number of hydrogen-bond donors (Lipinski definition) is 1. The van der Waals surface area contributed by atoms with E-state index in [2.05, 4.69) is 15.1 Å². The van der Waals surface area contributed by atoms with E-state index in [1.165, 1.54) is 4.57 Å². The van der Waals surface area contributed by atoms with Gasteiger partial charge in [0.15, 0.2) is 9.84 Å². The number of aryl methyl sites for hydroxylation is 1. The van der Waals surface area contributed by atoms with E-state index >= 15 is 0 Å². The van der Waals surface area contributed by atoms with Crippen molar-refractivity contribution in [2.75, 3.05) is 38.5 Å². The Balaban J connectivity index is 1.52. The molecule has 1 aliphatic heterocycles. The van der Waals surface area contributed by atoms with Gasteiger partial charge in [-0.3, -0.25) is 19.4 Å². The number of benzene rings is 2. The lowest BCUT2D eigenvalue weighted by Gasteiger charge is -2.34. The number of rotatable bonds is 9. The minimum atomic E-state index is -3.56. The molecule has 37 heavy (non-hydrogen) atoms. The van der Waals surface area contributed by atoms with E-state index < -0.39 is 9.84 Å². The first kappa shape index (κ1) is 27.3. The van der Waals surface area contributed by atoms with Crippen molar-refractivity contribution in [1.82, 2.24) is 19.7 Å². The molecule has 0 saturated carbocycles. The summed E-state index contributed by atoms with van der Waals surface area (Å²) in [5.41, 5.74) is 1.01. The number of nitrogens with one attached hydrogen (secondary N) is 1. The number of carbonyl (C=O) groups excluding carboxylic acids is 1. The van der Waals surface area contributed by atoms with E-state index in [0.717, 1.165) is 31.6 Å². The van der Waals surface area contributed by atoms with Crippen LogP contribution in [0.5, 0.6) is 0 Å². The van der Waals surface area contributed by atoms with Gasteiger partial charge in [0.05, 0.1) is 22.7 Å². The number of aromatic nitrogens is 1. The summed E-state index contributed by atoms with van der Waals surface area (Å²) in [6.07, 6.45) is 0. The van der Waals surface area contributed by atoms with Crippen molar-refractivity contribution in [3.8, 4) is 0 Å². The molecule has 1 aliphatic rings. The van der Waals surface area contributed by atoms with Gasteiger partial charge in [-0.25, -0.2) is 8.42 Å². The number of hydrogen-bond acceptors (Lipinski definition) is 6. The Morgan fingerprint density at radius 1 is 1.00 bits per heavy atom. The van der Waals surface area contributed by atoms with Crippen molar-refractivity contribution in [3.05, 3.63) is 75.5 Å². The third-order valence-electron chi connectivity index (χ3n) is 6.49. The number of carbonyl (C=O) groups is 1. The molecular weight excluding hydrogens is 512 g/mol. The molecule has 1 saturated heterocycles. The Hall–Kier alpha value is -2.72. The van der Waals surface area contributed by atoms with Crippen molar-refractivity contribution < 1.29 is 13.2 Å². The summed E-state index contributed by atoms with van der Waals surface area (Å²) in [7, 11) is -3.56. The third kappa shape index (κ3) is 6.98. The van der Waals surface area contributed by atoms with Crippen LogP contribution in [0.15, 0.2) is 64.3 Å². The average molecular weight is 545 g/mol. The van der Waals surface area contributed by atoms with Crippen molar-refractivity contribution in [2.24, 2.45) is 0 Å². The predicted molar refractivity (Wildman–Crippen MR) is 147 cm³/mol. The normalized spacial score (nSPS) is 15.4. The Kier molecular flexibility index (Phi) is 8.69. The quantitative estimate of drug-likeness (QED) is 0.445. The highest BCUT2D eigenvalue weighted by Crippen LogP contribution is 2.21. The van der Waals surface area contributed by atoms with E-state index in [9.17, 15) is 18.0 Å². The molecule has 1 amide bonds. The highest BCUT2D eigenvalue weighted by molar-refractivity contribution is 7.91. The van der Waals surface area contributed by atoms with Gasteiger partial charge >= 0.3 is 0 Å². The molecular formula is C27H33ClN4O4S. The van der Waals surface area contributed by atoms with Crippen molar-refractivity contribution >= 4 is 38.2 Å². The molecule has 0 aliphatic carbocycles. The van der Waals surface area contributed by atoms with Crippen LogP contribution in [0.4, 0.5) is 0 Å². The van der Waals surface area contributed by atoms with Crippen LogP contribution >= 0.6 is 11.6 Å². The zero-order chi connectivity index (χ0) is 26.6. The van der Waals surface area contributed by atoms with E-state index in [-0.39, 0.29) is 34.7 Å². The molecule has 2 aromatic carbocycles. The maximum atomic E-state index is 13.6. The van der Waals surface area contributed by atoms with E-state index in [0.29, 0.717) is 29.2 Å². The highest BCUT2D eigenvalue weighted by Gasteiger charge is 2.22. The number of pyridine rings is 1. The summed E-state index contributed by atoms with van der Waals surface area (Å²) in [5.74, 6) is -0.177. The van der Waals surface area contributed by atoms with Crippen molar-refractivity contribution in [1.29, 1.82) is 0 Å². The second-order valence-electron chi connectivity index (χ2n) is 9.74. The van der Waals surface area contributed by atoms with Gasteiger partial charge in [0.1, 0.15) is 0 Å². The Bertz CT molecular complexity index is 1420. The van der Waals surface area contributed by atoms with Gasteiger partial charge in [0, 0.05) is 55.9 Å². The summed E-state index contributed by atoms with van der Waals surface area (Å²) in [4.78, 5) is 30.2. The number of piperazine rings is 1. The first-order chi connectivity index (χ1) is 17.6. The van der Waals surface area contributed by atoms with E-state index in [1.54, 1.807) is 42.5 Å². The van der Waals surface area contributed by atoms with Gasteiger partial charge < -0.3 is 9.88 Å². The first-order valence-corrected chi connectivity index (χ1v) is 14.5. The van der Waals surface area contributed by atoms with Gasteiger partial charge in [-0.15, -0.1) is 0 Å². The number of sulfone groups is 1. The number of fused-ring (bicyclic) bond motifs is 1. The van der Waals surface area contributed by atoms with Gasteiger partial charge in [-0.1, -0.05) is 35.9 Å². The van der Waals surface area contributed by atoms with Crippen LogP contribution in [-0.2, 0) is 27.7 Å². The zero-order valence-corrected chi connectivity index (χ0v) is 22.8. The smallest absolute Gasteiger partial charge is 0.255 e. The Labute approximate surface area is 222 Å². The van der Waals surface area contributed by atoms with Gasteiger partial charge in [0.2, 0.25) is 5.91 Å². The molecule has 8 nitrogen and oxygen atoms in total. The molecule has 0 radical (unpaired) electrons. The van der Waals surface area contributed by atoms with Crippen LogP contribution in [0.2, 0.25) is 5.02 Å². The minimum absolute atomic E-state index is 0.0185. The Morgan fingerprint density at radius 2 is 1.68 bits per heavy atom. The lowest BCUT2D eigenvalue weighted by Crippen LogP contribution is -2.50. The van der Waals surface area contributed by atoms with Gasteiger partial charge in [-0.05, 0) is 49.6 Å². The lowest BCUT2D eigenvalue weighted by molar-refractivity contribution is -0.123. The molecule has 2 heterocycles. The lowest BCUT2D eigenvalue weighted by atomic mass is 10.1. The molecule has 1 aromatic heterocycles. The summed E-state index contributed by atoms with van der Waals surface area (Å²) >= 11 is 6.23. The van der Waals surface area contributed by atoms with E-state index in [4.69, 9.17) is 11.6 Å². The third-order valence-corrected chi connectivity index (χ3v) is 8.44. The zero-order valence-electron chi connectivity index (χ0n) is 21.2. The minimum Gasteiger partial charge on any atom is -0.353 e. The van der Waals surface area contributed by atoms with Gasteiger partial charge in [0.25, 0.3) is 5.56 Å². The summed E-state index contributed by atoms with van der Waals surface area (Å²) in [5, 5.41) is 4.23. The fourth-order valence-corrected chi connectivity index (χ4v) is 6.01. The Morgan fingerprint density at radius 3 is 2.35 bits per heavy atom. The average Bonchev–Trinajstić information content (AvgIpc) is 2.85. The SMILES string of the molecule is CC(C)NC(=O)CN1CCN(Cc2cc3ccc(Cl)cc3n(CCS(=O)(=O)c3ccccc3)c2=O)CC1. The predicted octanol–water partition coefficient (Wildman–Crippen LogP) is 2.77. The summed E-state index contributed by atoms with van der Waals surface area (Å²) < 4.78 is 27.3. The molecule has 1 fully saturated rings. The van der Waals surface area contributed by atoms with Crippen molar-refractivity contribution in [3.63, 3.8) is 0 Å². The van der Waals surface area contributed by atoms with Crippen LogP contribution in [0.1, 0.15) is 19.4 Å². The molecule has 4 rings (SSSR count). The standard InChI is InChI=1S/C27H33ClN4O4S/c1-20(2)29-26(33)19-31-12-10-30(11-13-31)18-22-16-21-8-9-23(28)17-25(21)32(27(22)34)14-15-37(35,36)24-6-4-3-5-7-24/h3-9,16-17,20H,10-15,18-19H2,1-2H3,(H,29,33). The van der Waals surface area contributed by atoms with Gasteiger partial charge in [-0.2, -0.15) is 0 Å². The fraction of sp³-hybridized carbons (Fsp3) is 0.407. The molecule has 0 unspecified atom stereocenters. The monoisotopic (exact) mass is 544 g/mol. The van der Waals surface area contributed by atoms with Crippen LogP contribution in [0.3, 0.4) is 0 Å². The second-order valence-corrected chi connectivity index (χ2v) is 12.3. The fourth-order valence-electron chi connectivity index (χ4n) is 4.61. The molecule has 0 spiro atoms. The van der Waals surface area contributed by atoms with Crippen LogP contribution < -0.4 is 10.9 Å². The molecule has 0 atom stereocenters. The van der Waals surface area contributed by atoms with E-state index in [1.807, 2.05) is 26.0 Å². The molecule has 198 valence electrons. The molecule has 10 heteroatoms. The molecule has 3 aromatic rings. The van der Waals surface area contributed by atoms with Crippen LogP contribution in [-0.4, -0.2) is 73.2 Å². The maximum Gasteiger partial charge on any atom is 0.255 e. The van der Waals surface area contributed by atoms with Crippen molar-refractivity contribution in [2.45, 2.75) is 37.9 Å².